The van der Waals surface area contributed by atoms with Crippen molar-refractivity contribution in [1.82, 2.24) is 4.57 Å². The fourth-order valence-electron chi connectivity index (χ4n) is 4.74. The van der Waals surface area contributed by atoms with Gasteiger partial charge in [-0.05, 0) is 58.2 Å². The van der Waals surface area contributed by atoms with E-state index in [1.165, 1.54) is 41.3 Å². The van der Waals surface area contributed by atoms with Crippen LogP contribution in [0, 0.1) is 0 Å². The van der Waals surface area contributed by atoms with Crippen molar-refractivity contribution in [1.29, 1.82) is 0 Å². The van der Waals surface area contributed by atoms with Crippen molar-refractivity contribution in [3.05, 3.63) is 71.4 Å². The van der Waals surface area contributed by atoms with Crippen LogP contribution in [0.4, 0.5) is 5.69 Å². The lowest BCUT2D eigenvalue weighted by molar-refractivity contribution is -0.698. The van der Waals surface area contributed by atoms with Crippen LogP contribution < -0.4 is 29.0 Å². The standard InChI is InChI=1S/C26H30N3O2S2/c1-4-27-18-11-7-9-13-20(18)31-23(27)16-15-22-26(30)29(6-3)25(33-22)17-24-28(5-2)19-12-8-10-14-21(19)32-24/h7,9,11,13,15-17H,4-6,8,10,12,14H2,1-3H3/q+1. The Hall–Kier alpha value is -2.64. The molecule has 33 heavy (non-hydrogen) atoms. The maximum Gasteiger partial charge on any atom is 0.269 e. The second-order valence-corrected chi connectivity index (χ2v) is 10.4. The number of hydrogen-bond donors (Lipinski definition) is 0. The molecule has 0 saturated carbocycles. The second-order valence-electron chi connectivity index (χ2n) is 8.25. The molecule has 0 saturated heterocycles. The Balaban J connectivity index is 1.57. The molecule has 1 aliphatic carbocycles. The van der Waals surface area contributed by atoms with E-state index in [4.69, 9.17) is 4.74 Å². The Morgan fingerprint density at radius 3 is 2.67 bits per heavy atom. The summed E-state index contributed by atoms with van der Waals surface area (Å²) in [5.41, 5.74) is 2.63. The molecule has 1 aromatic carbocycles. The van der Waals surface area contributed by atoms with Crippen LogP contribution in [0.1, 0.15) is 49.2 Å². The Labute approximate surface area is 202 Å². The first-order valence-electron chi connectivity index (χ1n) is 11.9. The predicted octanol–water partition coefficient (Wildman–Crippen LogP) is 3.55. The highest BCUT2D eigenvalue weighted by Gasteiger charge is 2.26. The van der Waals surface area contributed by atoms with Gasteiger partial charge in [0.05, 0.1) is 21.2 Å². The van der Waals surface area contributed by atoms with Crippen molar-refractivity contribution >= 4 is 40.5 Å². The van der Waals surface area contributed by atoms with Crippen LogP contribution in [-0.4, -0.2) is 11.1 Å². The number of nitrogens with zero attached hydrogens (tertiary/aromatic N) is 3. The Bertz CT molecular complexity index is 1390. The van der Waals surface area contributed by atoms with Crippen LogP contribution in [0.5, 0.6) is 5.75 Å². The van der Waals surface area contributed by atoms with Gasteiger partial charge in [-0.25, -0.2) is 0 Å². The normalized spacial score (nSPS) is 17.5. The number of fused-ring (bicyclic) bond motifs is 2. The van der Waals surface area contributed by atoms with Crippen LogP contribution in [0.2, 0.25) is 0 Å². The summed E-state index contributed by atoms with van der Waals surface area (Å²) >= 11 is 3.46. The van der Waals surface area contributed by atoms with Crippen molar-refractivity contribution < 1.29 is 9.30 Å². The molecule has 3 heterocycles. The SMILES string of the molecule is CCN1C(=CC=c2sc(=Cc3sc4c([n+]3CC)CCCC4)n(CC)c2=O)Oc2ccccc21. The van der Waals surface area contributed by atoms with E-state index >= 15 is 0 Å². The van der Waals surface area contributed by atoms with E-state index in [0.29, 0.717) is 6.54 Å². The molecule has 3 aromatic rings. The van der Waals surface area contributed by atoms with Gasteiger partial charge < -0.3 is 9.64 Å². The van der Waals surface area contributed by atoms with Crippen LogP contribution in [-0.2, 0) is 25.9 Å². The summed E-state index contributed by atoms with van der Waals surface area (Å²) in [6, 6.07) is 8.03. The zero-order valence-corrected chi connectivity index (χ0v) is 21.1. The van der Waals surface area contributed by atoms with Gasteiger partial charge in [0.2, 0.25) is 5.88 Å². The smallest absolute Gasteiger partial charge is 0.269 e. The molecule has 0 atom stereocenters. The van der Waals surface area contributed by atoms with Crippen molar-refractivity contribution in [2.75, 3.05) is 11.4 Å². The number of aryl methyl sites for hydroxylation is 1. The lowest BCUT2D eigenvalue weighted by Crippen LogP contribution is -2.39. The van der Waals surface area contributed by atoms with Crippen LogP contribution in [0.25, 0.3) is 12.2 Å². The summed E-state index contributed by atoms with van der Waals surface area (Å²) in [6.07, 6.45) is 11.0. The summed E-state index contributed by atoms with van der Waals surface area (Å²) in [5, 5.41) is 1.25. The van der Waals surface area contributed by atoms with Crippen molar-refractivity contribution in [2.24, 2.45) is 0 Å². The minimum atomic E-state index is 0.0635. The first-order chi connectivity index (χ1) is 16.1. The fraction of sp³-hybridized carbons (Fsp3) is 0.385. The summed E-state index contributed by atoms with van der Waals surface area (Å²) in [5.74, 6) is 1.62. The van der Waals surface area contributed by atoms with Gasteiger partial charge in [-0.1, -0.05) is 23.5 Å². The number of thiazole rings is 2. The highest BCUT2D eigenvalue weighted by Crippen LogP contribution is 2.38. The topological polar surface area (TPSA) is 38.4 Å². The average molecular weight is 481 g/mol. The average Bonchev–Trinajstić information content (AvgIpc) is 3.47. The van der Waals surface area contributed by atoms with E-state index in [-0.39, 0.29) is 5.56 Å². The quantitative estimate of drug-likeness (QED) is 0.525. The number of aromatic nitrogens is 2. The Morgan fingerprint density at radius 1 is 1.06 bits per heavy atom. The molecule has 5 rings (SSSR count). The third-order valence-electron chi connectivity index (χ3n) is 6.35. The van der Waals surface area contributed by atoms with Crippen molar-refractivity contribution in [3.8, 4) is 5.75 Å². The van der Waals surface area contributed by atoms with Crippen LogP contribution in [0.3, 0.4) is 0 Å². The number of anilines is 1. The van der Waals surface area contributed by atoms with E-state index in [2.05, 4.69) is 35.5 Å². The molecule has 172 valence electrons. The molecule has 0 fully saturated rings. The Morgan fingerprint density at radius 2 is 1.88 bits per heavy atom. The van der Waals surface area contributed by atoms with E-state index < -0.39 is 0 Å². The number of hydrogen-bond acceptors (Lipinski definition) is 5. The number of allylic oxidation sites excluding steroid dienone is 1. The number of para-hydroxylation sites is 2. The highest BCUT2D eigenvalue weighted by atomic mass is 32.1. The minimum Gasteiger partial charge on any atom is -0.439 e. The summed E-state index contributed by atoms with van der Waals surface area (Å²) in [6.45, 7) is 8.78. The molecule has 0 amide bonds. The molecule has 7 heteroatoms. The molecule has 0 bridgehead atoms. The zero-order chi connectivity index (χ0) is 22.9. The van der Waals surface area contributed by atoms with Gasteiger partial charge in [0, 0.05) is 25.6 Å². The number of ether oxygens (including phenoxy) is 1. The molecule has 1 aliphatic heterocycles. The second kappa shape index (κ2) is 9.31. The molecular weight excluding hydrogens is 450 g/mol. The lowest BCUT2D eigenvalue weighted by Gasteiger charge is -2.14. The molecule has 2 aromatic heterocycles. The number of rotatable bonds is 5. The summed E-state index contributed by atoms with van der Waals surface area (Å²) in [7, 11) is 0. The van der Waals surface area contributed by atoms with Gasteiger partial charge in [-0.2, -0.15) is 4.57 Å². The number of benzene rings is 1. The van der Waals surface area contributed by atoms with Gasteiger partial charge in [0.15, 0.2) is 11.4 Å². The van der Waals surface area contributed by atoms with E-state index in [1.54, 1.807) is 11.3 Å². The molecule has 0 radical (unpaired) electrons. The molecule has 0 unspecified atom stereocenters. The Kier molecular flexibility index (Phi) is 6.25. The third-order valence-corrected chi connectivity index (χ3v) is 8.67. The lowest BCUT2D eigenvalue weighted by atomic mass is 10.0. The molecular formula is C26H30N3O2S2+. The monoisotopic (exact) mass is 480 g/mol. The van der Waals surface area contributed by atoms with Gasteiger partial charge in [-0.3, -0.25) is 9.36 Å². The summed E-state index contributed by atoms with van der Waals surface area (Å²) in [4.78, 5) is 16.8. The zero-order valence-electron chi connectivity index (χ0n) is 19.5. The van der Waals surface area contributed by atoms with Gasteiger partial charge in [-0.15, -0.1) is 11.3 Å². The first-order valence-corrected chi connectivity index (χ1v) is 13.5. The highest BCUT2D eigenvalue weighted by molar-refractivity contribution is 7.12. The predicted molar refractivity (Wildman–Crippen MR) is 137 cm³/mol. The maximum atomic E-state index is 13.2. The van der Waals surface area contributed by atoms with Crippen molar-refractivity contribution in [3.63, 3.8) is 0 Å². The molecule has 0 N–H and O–H groups in total. The van der Waals surface area contributed by atoms with E-state index in [0.717, 1.165) is 39.6 Å². The van der Waals surface area contributed by atoms with E-state index in [9.17, 15) is 4.79 Å². The molecule has 0 spiro atoms. The minimum absolute atomic E-state index is 0.0635. The fourth-order valence-corrected chi connectivity index (χ4v) is 7.21. The van der Waals surface area contributed by atoms with Crippen LogP contribution in [0.15, 0.2) is 41.0 Å². The first kappa shape index (κ1) is 22.2. The van der Waals surface area contributed by atoms with E-state index in [1.807, 2.05) is 53.2 Å². The van der Waals surface area contributed by atoms with Gasteiger partial charge in [0.25, 0.3) is 10.6 Å². The van der Waals surface area contributed by atoms with Gasteiger partial charge >= 0.3 is 0 Å². The largest absolute Gasteiger partial charge is 0.439 e. The van der Waals surface area contributed by atoms with Gasteiger partial charge in [0.1, 0.15) is 11.2 Å². The molecule has 5 nitrogen and oxygen atoms in total. The van der Waals surface area contributed by atoms with Crippen molar-refractivity contribution in [2.45, 2.75) is 59.5 Å². The van der Waals surface area contributed by atoms with Crippen LogP contribution >= 0.6 is 22.7 Å². The summed E-state index contributed by atoms with van der Waals surface area (Å²) < 4.78 is 12.1. The molecule has 2 aliphatic rings. The third kappa shape index (κ3) is 3.97. The maximum absolute atomic E-state index is 13.2.